The van der Waals surface area contributed by atoms with Gasteiger partial charge in [-0.1, -0.05) is 30.3 Å². The Labute approximate surface area is 153 Å². The maximum Gasteiger partial charge on any atom is 0.145 e. The molecule has 1 fully saturated rings. The van der Waals surface area contributed by atoms with Crippen molar-refractivity contribution in [2.24, 2.45) is 0 Å². The van der Waals surface area contributed by atoms with E-state index in [0.29, 0.717) is 0 Å². The van der Waals surface area contributed by atoms with Gasteiger partial charge in [0.05, 0.1) is 32.8 Å². The van der Waals surface area contributed by atoms with Gasteiger partial charge in [-0.2, -0.15) is 0 Å². The van der Waals surface area contributed by atoms with Crippen molar-refractivity contribution >= 4 is 16.7 Å². The molecule has 2 aromatic carbocycles. The summed E-state index contributed by atoms with van der Waals surface area (Å²) < 4.78 is 16.7. The minimum absolute atomic E-state index is 0.718. The number of anilines is 1. The molecule has 1 aliphatic heterocycles. The molecule has 0 N–H and O–H groups in total. The third kappa shape index (κ3) is 2.95. The maximum absolute atomic E-state index is 5.65. The lowest BCUT2D eigenvalue weighted by atomic mass is 9.99. The number of aromatic nitrogens is 1. The lowest BCUT2D eigenvalue weighted by Gasteiger charge is -2.29. The molecule has 1 aliphatic rings. The molecule has 0 spiro atoms. The summed E-state index contributed by atoms with van der Waals surface area (Å²) in [5, 5.41) is 0.968. The Hall–Kier alpha value is -2.79. The molecule has 1 saturated heterocycles. The van der Waals surface area contributed by atoms with Crippen LogP contribution in [0.3, 0.4) is 0 Å². The Kier molecular flexibility index (Phi) is 4.63. The van der Waals surface area contributed by atoms with Crippen molar-refractivity contribution in [2.45, 2.75) is 0 Å². The van der Waals surface area contributed by atoms with E-state index < -0.39 is 0 Å². The summed E-state index contributed by atoms with van der Waals surface area (Å²) in [5.74, 6) is 2.47. The highest BCUT2D eigenvalue weighted by atomic mass is 16.5. The van der Waals surface area contributed by atoms with E-state index in [2.05, 4.69) is 23.1 Å². The molecule has 1 aromatic heterocycles. The Bertz CT molecular complexity index is 906. The number of pyridine rings is 1. The molecule has 26 heavy (non-hydrogen) atoms. The summed E-state index contributed by atoms with van der Waals surface area (Å²) in [6.07, 6.45) is 0. The lowest BCUT2D eigenvalue weighted by Crippen LogP contribution is -2.36. The van der Waals surface area contributed by atoms with Gasteiger partial charge in [0, 0.05) is 13.1 Å². The van der Waals surface area contributed by atoms with Crippen LogP contribution in [0.5, 0.6) is 11.5 Å². The Morgan fingerprint density at radius 3 is 2.31 bits per heavy atom. The van der Waals surface area contributed by atoms with Gasteiger partial charge in [0.1, 0.15) is 22.8 Å². The fourth-order valence-electron chi connectivity index (χ4n) is 3.41. The molecule has 0 aliphatic carbocycles. The van der Waals surface area contributed by atoms with Crippen LogP contribution in [-0.4, -0.2) is 45.5 Å². The predicted molar refractivity (Wildman–Crippen MR) is 103 cm³/mol. The minimum atomic E-state index is 0.718. The Balaban J connectivity index is 2.01. The molecule has 0 bridgehead atoms. The molecule has 0 radical (unpaired) electrons. The first kappa shape index (κ1) is 16.7. The zero-order valence-electron chi connectivity index (χ0n) is 15.1. The maximum atomic E-state index is 5.65. The highest BCUT2D eigenvalue weighted by Gasteiger charge is 2.20. The van der Waals surface area contributed by atoms with E-state index >= 15 is 0 Å². The number of hydrogen-bond donors (Lipinski definition) is 0. The monoisotopic (exact) mass is 350 g/mol. The van der Waals surface area contributed by atoms with Crippen molar-refractivity contribution in [2.75, 3.05) is 45.4 Å². The van der Waals surface area contributed by atoms with Gasteiger partial charge in [-0.15, -0.1) is 0 Å². The van der Waals surface area contributed by atoms with Crippen molar-refractivity contribution in [3.05, 3.63) is 48.5 Å². The summed E-state index contributed by atoms with van der Waals surface area (Å²) in [5.41, 5.74) is 3.03. The van der Waals surface area contributed by atoms with E-state index in [1.54, 1.807) is 14.2 Å². The number of fused-ring (bicyclic) bond motifs is 1. The van der Waals surface area contributed by atoms with Gasteiger partial charge in [0.25, 0.3) is 0 Å². The fraction of sp³-hybridized carbons (Fsp3) is 0.286. The number of ether oxygens (including phenoxy) is 3. The smallest absolute Gasteiger partial charge is 0.145 e. The van der Waals surface area contributed by atoms with Crippen LogP contribution in [0.25, 0.3) is 22.0 Å². The van der Waals surface area contributed by atoms with Crippen LogP contribution in [0.1, 0.15) is 0 Å². The molecular weight excluding hydrogens is 328 g/mol. The predicted octanol–water partition coefficient (Wildman–Crippen LogP) is 3.76. The van der Waals surface area contributed by atoms with E-state index in [-0.39, 0.29) is 0 Å². The third-order valence-electron chi connectivity index (χ3n) is 4.73. The second-order valence-electron chi connectivity index (χ2n) is 6.19. The van der Waals surface area contributed by atoms with Crippen LogP contribution in [0.2, 0.25) is 0 Å². The van der Waals surface area contributed by atoms with Gasteiger partial charge in [-0.05, 0) is 29.3 Å². The highest BCUT2D eigenvalue weighted by Crippen LogP contribution is 2.40. The Morgan fingerprint density at radius 1 is 0.923 bits per heavy atom. The van der Waals surface area contributed by atoms with Gasteiger partial charge >= 0.3 is 0 Å². The SMILES string of the molecule is COc1ccc(OC)c2c(-c3ccccc3)cc(N3CCOCC3)nc12. The fourth-order valence-corrected chi connectivity index (χ4v) is 3.41. The summed E-state index contributed by atoms with van der Waals surface area (Å²) in [6.45, 7) is 3.10. The summed E-state index contributed by atoms with van der Waals surface area (Å²) in [7, 11) is 3.36. The van der Waals surface area contributed by atoms with Crippen molar-refractivity contribution in [1.82, 2.24) is 4.98 Å². The number of rotatable bonds is 4. The molecule has 0 atom stereocenters. The number of nitrogens with zero attached hydrogens (tertiary/aromatic N) is 2. The molecule has 0 unspecified atom stereocenters. The quantitative estimate of drug-likeness (QED) is 0.717. The number of benzene rings is 2. The van der Waals surface area contributed by atoms with E-state index in [0.717, 1.165) is 65.6 Å². The molecule has 4 rings (SSSR count). The molecular formula is C21H22N2O3. The average Bonchev–Trinajstić information content (AvgIpc) is 2.73. The van der Waals surface area contributed by atoms with E-state index in [1.807, 2.05) is 30.3 Å². The summed E-state index contributed by atoms with van der Waals surface area (Å²) >= 11 is 0. The zero-order chi connectivity index (χ0) is 17.9. The molecule has 5 heteroatoms. The second kappa shape index (κ2) is 7.22. The van der Waals surface area contributed by atoms with Gasteiger partial charge < -0.3 is 19.1 Å². The van der Waals surface area contributed by atoms with Crippen molar-refractivity contribution in [3.8, 4) is 22.6 Å². The standard InChI is InChI=1S/C21H22N2O3/c1-24-17-8-9-18(25-2)21-20(17)16(15-6-4-3-5-7-15)14-19(22-21)23-10-12-26-13-11-23/h3-9,14H,10-13H2,1-2H3. The van der Waals surface area contributed by atoms with Crippen LogP contribution in [0, 0.1) is 0 Å². The number of methoxy groups -OCH3 is 2. The van der Waals surface area contributed by atoms with Crippen LogP contribution < -0.4 is 14.4 Å². The average molecular weight is 350 g/mol. The molecule has 0 amide bonds. The van der Waals surface area contributed by atoms with Crippen LogP contribution >= 0.6 is 0 Å². The third-order valence-corrected chi connectivity index (χ3v) is 4.73. The minimum Gasteiger partial charge on any atom is -0.496 e. The molecule has 3 aromatic rings. The highest BCUT2D eigenvalue weighted by molar-refractivity contribution is 6.03. The molecule has 134 valence electrons. The number of hydrogen-bond acceptors (Lipinski definition) is 5. The molecule has 0 saturated carbocycles. The second-order valence-corrected chi connectivity index (χ2v) is 6.19. The summed E-state index contributed by atoms with van der Waals surface area (Å²) in [6, 6.07) is 16.3. The van der Waals surface area contributed by atoms with Crippen LogP contribution in [0.15, 0.2) is 48.5 Å². The van der Waals surface area contributed by atoms with E-state index in [1.165, 1.54) is 0 Å². The van der Waals surface area contributed by atoms with Crippen molar-refractivity contribution in [3.63, 3.8) is 0 Å². The first-order chi connectivity index (χ1) is 12.8. The largest absolute Gasteiger partial charge is 0.496 e. The van der Waals surface area contributed by atoms with E-state index in [4.69, 9.17) is 19.2 Å². The van der Waals surface area contributed by atoms with Gasteiger partial charge in [0.15, 0.2) is 0 Å². The molecule has 2 heterocycles. The first-order valence-electron chi connectivity index (χ1n) is 8.75. The topological polar surface area (TPSA) is 43.8 Å². The normalized spacial score (nSPS) is 14.5. The first-order valence-corrected chi connectivity index (χ1v) is 8.75. The number of morpholine rings is 1. The van der Waals surface area contributed by atoms with Gasteiger partial charge in [-0.3, -0.25) is 0 Å². The van der Waals surface area contributed by atoms with Gasteiger partial charge in [-0.25, -0.2) is 4.98 Å². The Morgan fingerprint density at radius 2 is 1.62 bits per heavy atom. The summed E-state index contributed by atoms with van der Waals surface area (Å²) in [4.78, 5) is 7.19. The van der Waals surface area contributed by atoms with Crippen LogP contribution in [-0.2, 0) is 4.74 Å². The van der Waals surface area contributed by atoms with Crippen molar-refractivity contribution < 1.29 is 14.2 Å². The zero-order valence-corrected chi connectivity index (χ0v) is 15.1. The molecule has 5 nitrogen and oxygen atoms in total. The van der Waals surface area contributed by atoms with Gasteiger partial charge in [0.2, 0.25) is 0 Å². The van der Waals surface area contributed by atoms with Crippen LogP contribution in [0.4, 0.5) is 5.82 Å². The van der Waals surface area contributed by atoms with E-state index in [9.17, 15) is 0 Å². The lowest BCUT2D eigenvalue weighted by molar-refractivity contribution is 0.122. The van der Waals surface area contributed by atoms with Crippen molar-refractivity contribution in [1.29, 1.82) is 0 Å².